The van der Waals surface area contributed by atoms with Gasteiger partial charge in [0.1, 0.15) is 4.88 Å². The lowest BCUT2D eigenvalue weighted by atomic mass is 10.1. The van der Waals surface area contributed by atoms with Gasteiger partial charge in [0.25, 0.3) is 0 Å². The molecule has 1 aliphatic carbocycles. The summed E-state index contributed by atoms with van der Waals surface area (Å²) in [5.74, 6) is -0.874. The molecule has 1 saturated carbocycles. The van der Waals surface area contributed by atoms with Crippen molar-refractivity contribution >= 4 is 17.3 Å². The van der Waals surface area contributed by atoms with Crippen molar-refractivity contribution in [3.05, 3.63) is 21.9 Å². The summed E-state index contributed by atoms with van der Waals surface area (Å²) in [5, 5.41) is 22.2. The molecular formula is C13H19NO3S. The van der Waals surface area contributed by atoms with Gasteiger partial charge in [-0.25, -0.2) is 4.79 Å². The van der Waals surface area contributed by atoms with Crippen LogP contribution in [-0.4, -0.2) is 28.3 Å². The van der Waals surface area contributed by atoms with E-state index in [1.165, 1.54) is 17.8 Å². The van der Waals surface area contributed by atoms with Gasteiger partial charge in [-0.3, -0.25) is 0 Å². The van der Waals surface area contributed by atoms with Gasteiger partial charge in [-0.2, -0.15) is 0 Å². The molecule has 0 aliphatic heterocycles. The Labute approximate surface area is 111 Å². The fourth-order valence-electron chi connectivity index (χ4n) is 2.35. The Balaban J connectivity index is 1.87. The lowest BCUT2D eigenvalue weighted by Gasteiger charge is -2.21. The van der Waals surface area contributed by atoms with Crippen LogP contribution in [0.2, 0.25) is 0 Å². The first kappa shape index (κ1) is 13.5. The SMILES string of the molecule is O=C(O)c1ccc(CNC2CCCCCC2O)s1. The van der Waals surface area contributed by atoms with Crippen molar-refractivity contribution in [1.82, 2.24) is 5.32 Å². The summed E-state index contributed by atoms with van der Waals surface area (Å²) in [4.78, 5) is 12.1. The molecular weight excluding hydrogens is 250 g/mol. The van der Waals surface area contributed by atoms with E-state index in [-0.39, 0.29) is 12.1 Å². The van der Waals surface area contributed by atoms with Gasteiger partial charge >= 0.3 is 5.97 Å². The molecule has 0 spiro atoms. The van der Waals surface area contributed by atoms with Gasteiger partial charge in [-0.1, -0.05) is 19.3 Å². The monoisotopic (exact) mass is 269 g/mol. The van der Waals surface area contributed by atoms with Crippen molar-refractivity contribution in [3.8, 4) is 0 Å². The molecule has 1 heterocycles. The number of carboxylic acids is 1. The predicted molar refractivity (Wildman–Crippen MR) is 71.0 cm³/mol. The van der Waals surface area contributed by atoms with Crippen molar-refractivity contribution in [2.24, 2.45) is 0 Å². The van der Waals surface area contributed by atoms with Crippen LogP contribution in [0.5, 0.6) is 0 Å². The largest absolute Gasteiger partial charge is 0.477 e. The summed E-state index contributed by atoms with van der Waals surface area (Å²) < 4.78 is 0. The number of aliphatic hydroxyl groups excluding tert-OH is 1. The Kier molecular flexibility index (Phi) is 4.74. The van der Waals surface area contributed by atoms with E-state index in [1.807, 2.05) is 6.07 Å². The fourth-order valence-corrected chi connectivity index (χ4v) is 3.14. The first-order valence-corrected chi connectivity index (χ1v) is 7.22. The molecule has 3 N–H and O–H groups in total. The number of hydrogen-bond acceptors (Lipinski definition) is 4. The summed E-state index contributed by atoms with van der Waals surface area (Å²) in [6.45, 7) is 0.639. The molecule has 5 heteroatoms. The van der Waals surface area contributed by atoms with E-state index in [0.29, 0.717) is 11.4 Å². The molecule has 0 radical (unpaired) electrons. The second-order valence-corrected chi connectivity index (χ2v) is 5.93. The highest BCUT2D eigenvalue weighted by Crippen LogP contribution is 2.20. The lowest BCUT2D eigenvalue weighted by molar-refractivity contribution is 0.0702. The molecule has 1 aliphatic rings. The van der Waals surface area contributed by atoms with Crippen LogP contribution in [0.15, 0.2) is 12.1 Å². The van der Waals surface area contributed by atoms with Crippen molar-refractivity contribution in [1.29, 1.82) is 0 Å². The average molecular weight is 269 g/mol. The zero-order valence-electron chi connectivity index (χ0n) is 10.3. The molecule has 1 aromatic heterocycles. The van der Waals surface area contributed by atoms with Gasteiger partial charge in [-0.05, 0) is 25.0 Å². The maximum Gasteiger partial charge on any atom is 0.345 e. The molecule has 1 aromatic rings. The van der Waals surface area contributed by atoms with Crippen LogP contribution in [0, 0.1) is 0 Å². The van der Waals surface area contributed by atoms with Crippen LogP contribution in [0.25, 0.3) is 0 Å². The third-order valence-corrected chi connectivity index (χ3v) is 4.46. The third kappa shape index (κ3) is 3.54. The van der Waals surface area contributed by atoms with Gasteiger partial charge in [0.2, 0.25) is 0 Å². The smallest absolute Gasteiger partial charge is 0.345 e. The molecule has 0 amide bonds. The van der Waals surface area contributed by atoms with Gasteiger partial charge in [0.15, 0.2) is 0 Å². The molecule has 2 rings (SSSR count). The normalized spacial score (nSPS) is 24.7. The number of aromatic carboxylic acids is 1. The highest BCUT2D eigenvalue weighted by Gasteiger charge is 2.21. The maximum absolute atomic E-state index is 10.8. The van der Waals surface area contributed by atoms with Crippen LogP contribution >= 0.6 is 11.3 Å². The molecule has 0 bridgehead atoms. The summed E-state index contributed by atoms with van der Waals surface area (Å²) in [6.07, 6.45) is 5.03. The predicted octanol–water partition coefficient (Wildman–Crippen LogP) is 2.23. The van der Waals surface area contributed by atoms with E-state index in [2.05, 4.69) is 5.32 Å². The van der Waals surface area contributed by atoms with Gasteiger partial charge in [-0.15, -0.1) is 11.3 Å². The molecule has 0 saturated heterocycles. The molecule has 100 valence electrons. The van der Waals surface area contributed by atoms with E-state index in [9.17, 15) is 9.90 Å². The Morgan fingerprint density at radius 2 is 2.11 bits per heavy atom. The standard InChI is InChI=1S/C13H19NO3S/c15-11-5-3-1-2-4-10(11)14-8-9-6-7-12(18-9)13(16)17/h6-7,10-11,14-15H,1-5,8H2,(H,16,17). The second kappa shape index (κ2) is 6.31. The summed E-state index contributed by atoms with van der Waals surface area (Å²) in [7, 11) is 0. The van der Waals surface area contributed by atoms with Gasteiger partial charge < -0.3 is 15.5 Å². The molecule has 18 heavy (non-hydrogen) atoms. The molecule has 2 unspecified atom stereocenters. The lowest BCUT2D eigenvalue weighted by Crippen LogP contribution is -2.38. The summed E-state index contributed by atoms with van der Waals surface area (Å²) in [6, 6.07) is 3.61. The van der Waals surface area contributed by atoms with Crippen molar-refractivity contribution in [3.63, 3.8) is 0 Å². The highest BCUT2D eigenvalue weighted by atomic mass is 32.1. The number of thiophene rings is 1. The minimum absolute atomic E-state index is 0.142. The number of hydrogen-bond donors (Lipinski definition) is 3. The quantitative estimate of drug-likeness (QED) is 0.733. The van der Waals surface area contributed by atoms with Crippen molar-refractivity contribution in [2.45, 2.75) is 50.8 Å². The highest BCUT2D eigenvalue weighted by molar-refractivity contribution is 7.13. The van der Waals surface area contributed by atoms with Crippen molar-refractivity contribution < 1.29 is 15.0 Å². The first-order chi connectivity index (χ1) is 8.66. The number of carbonyl (C=O) groups is 1. The number of aliphatic hydroxyl groups is 1. The Hall–Kier alpha value is -0.910. The van der Waals surface area contributed by atoms with Crippen LogP contribution in [-0.2, 0) is 6.54 Å². The Morgan fingerprint density at radius 1 is 1.33 bits per heavy atom. The maximum atomic E-state index is 10.8. The number of nitrogens with one attached hydrogen (secondary N) is 1. The van der Waals surface area contributed by atoms with Crippen LogP contribution in [0.3, 0.4) is 0 Å². The number of rotatable bonds is 4. The third-order valence-electron chi connectivity index (χ3n) is 3.39. The Morgan fingerprint density at radius 3 is 2.83 bits per heavy atom. The van der Waals surface area contributed by atoms with E-state index in [4.69, 9.17) is 5.11 Å². The number of carboxylic acid groups (broad SMARTS) is 1. The molecule has 1 fully saturated rings. The van der Waals surface area contributed by atoms with Crippen LogP contribution in [0.1, 0.15) is 46.7 Å². The topological polar surface area (TPSA) is 69.6 Å². The van der Waals surface area contributed by atoms with Gasteiger partial charge in [0.05, 0.1) is 6.10 Å². The van der Waals surface area contributed by atoms with Crippen LogP contribution in [0.4, 0.5) is 0 Å². The zero-order chi connectivity index (χ0) is 13.0. The summed E-state index contributed by atoms with van der Waals surface area (Å²) >= 11 is 1.29. The summed E-state index contributed by atoms with van der Waals surface area (Å²) in [5.41, 5.74) is 0. The fraction of sp³-hybridized carbons (Fsp3) is 0.615. The molecule has 4 nitrogen and oxygen atoms in total. The van der Waals surface area contributed by atoms with Gasteiger partial charge in [0, 0.05) is 17.5 Å². The minimum atomic E-state index is -0.874. The zero-order valence-corrected chi connectivity index (χ0v) is 11.1. The van der Waals surface area contributed by atoms with Crippen LogP contribution < -0.4 is 5.32 Å². The average Bonchev–Trinajstić information content (AvgIpc) is 2.72. The molecule has 2 atom stereocenters. The van der Waals surface area contributed by atoms with E-state index >= 15 is 0 Å². The minimum Gasteiger partial charge on any atom is -0.477 e. The molecule has 0 aromatic carbocycles. The Bertz CT molecular complexity index is 405. The second-order valence-electron chi connectivity index (χ2n) is 4.76. The van der Waals surface area contributed by atoms with E-state index in [1.54, 1.807) is 6.07 Å². The first-order valence-electron chi connectivity index (χ1n) is 6.40. The van der Waals surface area contributed by atoms with E-state index in [0.717, 1.165) is 30.6 Å². The van der Waals surface area contributed by atoms with Crippen molar-refractivity contribution in [2.75, 3.05) is 0 Å². The van der Waals surface area contributed by atoms with E-state index < -0.39 is 5.97 Å².